The van der Waals surface area contributed by atoms with Crippen LogP contribution >= 0.6 is 0 Å². The molecule has 0 aliphatic heterocycles. The molecule has 0 aliphatic rings. The lowest BCUT2D eigenvalue weighted by Gasteiger charge is -1.98. The van der Waals surface area contributed by atoms with Gasteiger partial charge in [0.15, 0.2) is 0 Å². The standard InChI is InChI=1S/C6H12N2O2/c1-5(9)8-4-3-6(10)7-2/h2-4,7H2,1H3,(H,8,9). The summed E-state index contributed by atoms with van der Waals surface area (Å²) in [6.45, 7) is 1.82. The molecule has 0 heterocycles. The van der Waals surface area contributed by atoms with Crippen molar-refractivity contribution in [2.75, 3.05) is 6.54 Å². The minimum Gasteiger partial charge on any atom is -0.415 e. The van der Waals surface area contributed by atoms with Gasteiger partial charge in [0, 0.05) is 13.5 Å². The smallest absolute Gasteiger partial charge is 0.286 e. The molecule has 3 N–H and O–H groups in total. The maximum absolute atomic E-state index is 10.5. The van der Waals surface area contributed by atoms with Crippen LogP contribution in [0.25, 0.3) is 0 Å². The predicted octanol–water partition coefficient (Wildman–Crippen LogP) is -1.61. The molecule has 58 valence electrons. The van der Waals surface area contributed by atoms with E-state index in [0.717, 1.165) is 0 Å². The lowest BCUT2D eigenvalue weighted by Crippen LogP contribution is -2.81. The number of rotatable bonds is 3. The molecule has 0 rings (SSSR count). The van der Waals surface area contributed by atoms with Gasteiger partial charge in [0.25, 0.3) is 5.91 Å². The third-order valence-corrected chi connectivity index (χ3v) is 0.973. The van der Waals surface area contributed by atoms with Gasteiger partial charge in [-0.3, -0.25) is 4.79 Å². The van der Waals surface area contributed by atoms with E-state index in [1.54, 1.807) is 0 Å². The van der Waals surface area contributed by atoms with E-state index in [1.807, 2.05) is 0 Å². The second-order valence-corrected chi connectivity index (χ2v) is 1.90. The molecule has 0 radical (unpaired) electrons. The Morgan fingerprint density at radius 2 is 2.20 bits per heavy atom. The van der Waals surface area contributed by atoms with Crippen molar-refractivity contribution in [2.24, 2.45) is 0 Å². The lowest BCUT2D eigenvalue weighted by molar-refractivity contribution is -0.507. The van der Waals surface area contributed by atoms with Crippen LogP contribution in [0.3, 0.4) is 0 Å². The topological polar surface area (TPSA) is 62.8 Å². The summed E-state index contributed by atoms with van der Waals surface area (Å²) in [4.78, 5) is 20.8. The molecule has 0 atom stereocenters. The number of hydrogen-bond donors (Lipinski definition) is 2. The van der Waals surface area contributed by atoms with E-state index in [0.29, 0.717) is 13.0 Å². The van der Waals surface area contributed by atoms with Crippen LogP contribution < -0.4 is 10.6 Å². The van der Waals surface area contributed by atoms with Crippen LogP contribution in [-0.2, 0) is 9.59 Å². The first-order valence-corrected chi connectivity index (χ1v) is 3.06. The fourth-order valence-electron chi connectivity index (χ4n) is 0.464. The zero-order valence-corrected chi connectivity index (χ0v) is 6.02. The minimum atomic E-state index is -0.114. The van der Waals surface area contributed by atoms with Crippen molar-refractivity contribution in [3.63, 3.8) is 0 Å². The van der Waals surface area contributed by atoms with Crippen molar-refractivity contribution in [2.45, 2.75) is 13.3 Å². The summed E-state index contributed by atoms with van der Waals surface area (Å²) in [7, 11) is 3.30. The molecule has 0 saturated carbocycles. The number of nitrogens with two attached hydrogens (primary N) is 1. The van der Waals surface area contributed by atoms with E-state index >= 15 is 0 Å². The second-order valence-electron chi connectivity index (χ2n) is 1.90. The molecule has 0 aliphatic carbocycles. The van der Waals surface area contributed by atoms with E-state index < -0.39 is 0 Å². The summed E-state index contributed by atoms with van der Waals surface area (Å²) in [5.41, 5.74) is 0. The zero-order chi connectivity index (χ0) is 7.98. The van der Waals surface area contributed by atoms with Gasteiger partial charge in [0.2, 0.25) is 5.91 Å². The Kier molecular flexibility index (Phi) is 4.49. The van der Waals surface area contributed by atoms with Crippen LogP contribution in [0.1, 0.15) is 13.3 Å². The summed E-state index contributed by atoms with van der Waals surface area (Å²) in [5.74, 6) is -0.161. The maximum Gasteiger partial charge on any atom is 0.286 e. The van der Waals surface area contributed by atoms with Crippen molar-refractivity contribution in [3.8, 4) is 0 Å². The summed E-state index contributed by atoms with van der Waals surface area (Å²) in [6.07, 6.45) is 0.336. The van der Waals surface area contributed by atoms with E-state index in [2.05, 4.69) is 12.4 Å². The molecule has 0 aromatic carbocycles. The Morgan fingerprint density at radius 1 is 1.60 bits per heavy atom. The summed E-state index contributed by atoms with van der Waals surface area (Å²) >= 11 is 0. The normalized spacial score (nSPS) is 9.00. The monoisotopic (exact) mass is 144 g/mol. The van der Waals surface area contributed by atoms with Crippen molar-refractivity contribution in [1.29, 1.82) is 0 Å². The first kappa shape index (κ1) is 9.10. The van der Waals surface area contributed by atoms with E-state index in [-0.39, 0.29) is 11.8 Å². The molecule has 0 aromatic rings. The molecule has 0 spiro atoms. The molecule has 0 fully saturated rings. The van der Waals surface area contributed by atoms with Gasteiger partial charge in [-0.05, 0) is 0 Å². The number of quaternary nitrogens is 1. The van der Waals surface area contributed by atoms with Gasteiger partial charge < -0.3 is 10.6 Å². The highest BCUT2D eigenvalue weighted by atomic mass is 16.2. The molecule has 10 heavy (non-hydrogen) atoms. The maximum atomic E-state index is 10.5. The van der Waals surface area contributed by atoms with Crippen molar-refractivity contribution in [3.05, 3.63) is 7.05 Å². The van der Waals surface area contributed by atoms with Crippen LogP contribution in [-0.4, -0.2) is 18.4 Å². The second kappa shape index (κ2) is 4.93. The minimum absolute atomic E-state index is 0.0475. The van der Waals surface area contributed by atoms with Crippen molar-refractivity contribution in [1.82, 2.24) is 5.32 Å². The number of primary amides is 1. The summed E-state index contributed by atoms with van der Waals surface area (Å²) in [6, 6.07) is 0. The predicted molar refractivity (Wildman–Crippen MR) is 35.6 cm³/mol. The fourth-order valence-corrected chi connectivity index (χ4v) is 0.464. The molecule has 0 bridgehead atoms. The number of hydrogen-bond acceptors (Lipinski definition) is 2. The van der Waals surface area contributed by atoms with Gasteiger partial charge in [0.05, 0.1) is 6.42 Å². The molecule has 0 unspecified atom stereocenters. The Morgan fingerprint density at radius 3 is 2.60 bits per heavy atom. The molecule has 2 amide bonds. The molecule has 0 saturated heterocycles. The summed E-state index contributed by atoms with van der Waals surface area (Å²) < 4.78 is 0. The molecule has 4 heteroatoms. The zero-order valence-electron chi connectivity index (χ0n) is 6.02. The van der Waals surface area contributed by atoms with E-state index in [4.69, 9.17) is 0 Å². The lowest BCUT2D eigenvalue weighted by atomic mass is 10.4. The highest BCUT2D eigenvalue weighted by Crippen LogP contribution is 1.70. The van der Waals surface area contributed by atoms with E-state index in [9.17, 15) is 9.59 Å². The molecule has 4 nitrogen and oxygen atoms in total. The van der Waals surface area contributed by atoms with Crippen LogP contribution in [0.5, 0.6) is 0 Å². The van der Waals surface area contributed by atoms with Gasteiger partial charge in [-0.2, -0.15) is 0 Å². The Bertz CT molecular complexity index is 134. The molecular formula is C6H12N2O2. The van der Waals surface area contributed by atoms with E-state index in [1.165, 1.54) is 12.2 Å². The molecular weight excluding hydrogens is 132 g/mol. The van der Waals surface area contributed by atoms with Gasteiger partial charge in [0.1, 0.15) is 0 Å². The van der Waals surface area contributed by atoms with Crippen LogP contribution in [0.4, 0.5) is 0 Å². The van der Waals surface area contributed by atoms with Crippen LogP contribution in [0.2, 0.25) is 0 Å². The van der Waals surface area contributed by atoms with Gasteiger partial charge >= 0.3 is 0 Å². The third kappa shape index (κ3) is 5.24. The number of amides is 2. The average Bonchev–Trinajstić information content (AvgIpc) is 1.87. The summed E-state index contributed by atoms with van der Waals surface area (Å²) in [5, 5.41) is 3.75. The van der Waals surface area contributed by atoms with Gasteiger partial charge in [-0.15, -0.1) is 7.05 Å². The SMILES string of the molecule is [CH2-][NH2+]C(=O)CCNC(C)=O. The Balaban J connectivity index is 3.20. The molecule has 0 aromatic heterocycles. The first-order valence-electron chi connectivity index (χ1n) is 3.06. The van der Waals surface area contributed by atoms with Crippen molar-refractivity contribution < 1.29 is 14.9 Å². The third-order valence-electron chi connectivity index (χ3n) is 0.973. The van der Waals surface area contributed by atoms with Gasteiger partial charge in [-0.25, -0.2) is 4.79 Å². The Hall–Kier alpha value is -0.900. The average molecular weight is 144 g/mol. The van der Waals surface area contributed by atoms with Crippen LogP contribution in [0.15, 0.2) is 0 Å². The first-order chi connectivity index (χ1) is 4.66. The number of nitrogens with one attached hydrogen (secondary N) is 1. The highest BCUT2D eigenvalue weighted by molar-refractivity contribution is 5.73. The Labute approximate surface area is 60.0 Å². The quantitative estimate of drug-likeness (QED) is 0.468. The number of carbonyl (C=O) groups excluding carboxylic acids is 2. The van der Waals surface area contributed by atoms with Crippen molar-refractivity contribution >= 4 is 11.8 Å². The van der Waals surface area contributed by atoms with Gasteiger partial charge in [-0.1, -0.05) is 0 Å². The fraction of sp³-hybridized carbons (Fsp3) is 0.500. The highest BCUT2D eigenvalue weighted by Gasteiger charge is 1.98. The largest absolute Gasteiger partial charge is 0.415 e. The van der Waals surface area contributed by atoms with Crippen LogP contribution in [0, 0.1) is 7.05 Å². The number of carbonyl (C=O) groups is 2.